The average molecular weight is 280 g/mol. The maximum atomic E-state index is 11.4. The zero-order valence-corrected chi connectivity index (χ0v) is 11.2. The SMILES string of the molecule is COC(=O)c1ncn(CCc2ccc(Cl)cc2)c1N. The van der Waals surface area contributed by atoms with Crippen LogP contribution in [0.5, 0.6) is 0 Å². The fourth-order valence-corrected chi connectivity index (χ4v) is 1.85. The maximum Gasteiger partial charge on any atom is 0.360 e. The molecule has 0 aliphatic carbocycles. The van der Waals surface area contributed by atoms with Crippen molar-refractivity contribution in [3.05, 3.63) is 46.9 Å². The van der Waals surface area contributed by atoms with Crippen molar-refractivity contribution in [2.24, 2.45) is 0 Å². The lowest BCUT2D eigenvalue weighted by Crippen LogP contribution is -2.09. The second kappa shape index (κ2) is 5.75. The van der Waals surface area contributed by atoms with Crippen LogP contribution in [0, 0.1) is 0 Å². The van der Waals surface area contributed by atoms with E-state index in [4.69, 9.17) is 17.3 Å². The number of esters is 1. The molecule has 0 saturated heterocycles. The van der Waals surface area contributed by atoms with Crippen molar-refractivity contribution in [3.63, 3.8) is 0 Å². The number of aromatic nitrogens is 2. The molecular weight excluding hydrogens is 266 g/mol. The van der Waals surface area contributed by atoms with Gasteiger partial charge in [0.25, 0.3) is 0 Å². The number of hydrogen-bond donors (Lipinski definition) is 1. The molecule has 1 aromatic carbocycles. The van der Waals surface area contributed by atoms with Crippen LogP contribution in [0.15, 0.2) is 30.6 Å². The molecule has 0 fully saturated rings. The van der Waals surface area contributed by atoms with Gasteiger partial charge >= 0.3 is 5.97 Å². The summed E-state index contributed by atoms with van der Waals surface area (Å²) in [7, 11) is 1.30. The number of halogens is 1. The van der Waals surface area contributed by atoms with Gasteiger partial charge in [-0.2, -0.15) is 0 Å². The summed E-state index contributed by atoms with van der Waals surface area (Å²) < 4.78 is 6.32. The number of nitrogen functional groups attached to an aromatic ring is 1. The Morgan fingerprint density at radius 1 is 1.42 bits per heavy atom. The minimum atomic E-state index is -0.525. The summed E-state index contributed by atoms with van der Waals surface area (Å²) in [5, 5.41) is 0.707. The number of nitrogens with two attached hydrogens (primary N) is 1. The van der Waals surface area contributed by atoms with Crippen LogP contribution in [0.25, 0.3) is 0 Å². The first-order valence-electron chi connectivity index (χ1n) is 5.75. The number of carbonyl (C=O) groups excluding carboxylic acids is 1. The van der Waals surface area contributed by atoms with Crippen molar-refractivity contribution in [2.75, 3.05) is 12.8 Å². The number of hydrogen-bond acceptors (Lipinski definition) is 4. The number of nitrogens with zero attached hydrogens (tertiary/aromatic N) is 2. The summed E-state index contributed by atoms with van der Waals surface area (Å²) in [6.07, 6.45) is 2.32. The normalized spacial score (nSPS) is 10.4. The van der Waals surface area contributed by atoms with E-state index >= 15 is 0 Å². The molecule has 0 aliphatic heterocycles. The Kier molecular flexibility index (Phi) is 4.06. The molecule has 1 heterocycles. The molecule has 0 aliphatic rings. The van der Waals surface area contributed by atoms with Gasteiger partial charge in [0, 0.05) is 11.6 Å². The molecule has 2 rings (SSSR count). The van der Waals surface area contributed by atoms with Gasteiger partial charge in [-0.1, -0.05) is 23.7 Å². The molecule has 5 nitrogen and oxygen atoms in total. The van der Waals surface area contributed by atoms with Gasteiger partial charge in [-0.15, -0.1) is 0 Å². The lowest BCUT2D eigenvalue weighted by atomic mass is 10.1. The third-order valence-corrected chi connectivity index (χ3v) is 3.06. The van der Waals surface area contributed by atoms with Gasteiger partial charge in [-0.05, 0) is 24.1 Å². The Hall–Kier alpha value is -2.01. The molecule has 0 saturated carbocycles. The molecule has 0 unspecified atom stereocenters. The van der Waals surface area contributed by atoms with Gasteiger partial charge in [-0.3, -0.25) is 0 Å². The first-order valence-corrected chi connectivity index (χ1v) is 6.13. The van der Waals surface area contributed by atoms with Gasteiger partial charge in [0.05, 0.1) is 13.4 Å². The van der Waals surface area contributed by atoms with Crippen LogP contribution in [-0.2, 0) is 17.7 Å². The molecule has 100 valence electrons. The molecule has 1 aromatic heterocycles. The summed E-state index contributed by atoms with van der Waals surface area (Å²) in [5.74, 6) is -0.205. The molecular formula is C13H14ClN3O2. The molecule has 19 heavy (non-hydrogen) atoms. The molecule has 6 heteroatoms. The Bertz CT molecular complexity index is 578. The highest BCUT2D eigenvalue weighted by Gasteiger charge is 2.15. The van der Waals surface area contributed by atoms with E-state index < -0.39 is 5.97 Å². The standard InChI is InChI=1S/C13H14ClN3O2/c1-19-13(18)11-12(15)17(8-16-11)7-6-9-2-4-10(14)5-3-9/h2-5,8H,6-7,15H2,1H3. The number of methoxy groups -OCH3 is 1. The molecule has 0 bridgehead atoms. The van der Waals surface area contributed by atoms with Gasteiger partial charge in [0.15, 0.2) is 5.69 Å². The van der Waals surface area contributed by atoms with Crippen molar-refractivity contribution in [3.8, 4) is 0 Å². The summed E-state index contributed by atoms with van der Waals surface area (Å²) in [4.78, 5) is 15.3. The fourth-order valence-electron chi connectivity index (χ4n) is 1.72. The van der Waals surface area contributed by atoms with E-state index in [0.29, 0.717) is 17.4 Å². The van der Waals surface area contributed by atoms with Crippen molar-refractivity contribution >= 4 is 23.4 Å². The van der Waals surface area contributed by atoms with Gasteiger partial charge in [0.1, 0.15) is 5.82 Å². The second-order valence-electron chi connectivity index (χ2n) is 4.04. The molecule has 2 N–H and O–H groups in total. The summed E-state index contributed by atoms with van der Waals surface area (Å²) in [6.45, 7) is 0.636. The first kappa shape index (κ1) is 13.4. The van der Waals surface area contributed by atoms with E-state index in [1.54, 1.807) is 4.57 Å². The van der Waals surface area contributed by atoms with Gasteiger partial charge < -0.3 is 15.0 Å². The fraction of sp³-hybridized carbons (Fsp3) is 0.231. The number of ether oxygens (including phenoxy) is 1. The summed E-state index contributed by atoms with van der Waals surface area (Å²) in [6, 6.07) is 7.59. The zero-order chi connectivity index (χ0) is 13.8. The van der Waals surface area contributed by atoms with Crippen LogP contribution in [0.3, 0.4) is 0 Å². The van der Waals surface area contributed by atoms with Crippen LogP contribution in [0.2, 0.25) is 5.02 Å². The van der Waals surface area contributed by atoms with E-state index in [9.17, 15) is 4.79 Å². The van der Waals surface area contributed by atoms with Crippen LogP contribution >= 0.6 is 11.6 Å². The first-order chi connectivity index (χ1) is 9.11. The number of benzene rings is 1. The van der Waals surface area contributed by atoms with Gasteiger partial charge in [0.2, 0.25) is 0 Å². The monoisotopic (exact) mass is 279 g/mol. The topological polar surface area (TPSA) is 70.1 Å². The van der Waals surface area contributed by atoms with E-state index in [1.165, 1.54) is 13.4 Å². The third-order valence-electron chi connectivity index (χ3n) is 2.81. The van der Waals surface area contributed by atoms with Crippen LogP contribution in [0.4, 0.5) is 5.82 Å². The second-order valence-corrected chi connectivity index (χ2v) is 4.48. The largest absolute Gasteiger partial charge is 0.464 e. The number of rotatable bonds is 4. The summed E-state index contributed by atoms with van der Waals surface area (Å²) >= 11 is 5.82. The Morgan fingerprint density at radius 2 is 2.11 bits per heavy atom. The van der Waals surface area contributed by atoms with E-state index in [1.807, 2.05) is 24.3 Å². The maximum absolute atomic E-state index is 11.4. The van der Waals surface area contributed by atoms with Crippen molar-refractivity contribution < 1.29 is 9.53 Å². The number of imidazole rings is 1. The van der Waals surface area contributed by atoms with Crippen LogP contribution < -0.4 is 5.73 Å². The molecule has 0 amide bonds. The minimum Gasteiger partial charge on any atom is -0.464 e. The lowest BCUT2D eigenvalue weighted by Gasteiger charge is -2.05. The van der Waals surface area contributed by atoms with E-state index in [-0.39, 0.29) is 5.69 Å². The van der Waals surface area contributed by atoms with Crippen molar-refractivity contribution in [2.45, 2.75) is 13.0 Å². The Morgan fingerprint density at radius 3 is 2.74 bits per heavy atom. The quantitative estimate of drug-likeness (QED) is 0.871. The van der Waals surface area contributed by atoms with Crippen molar-refractivity contribution in [1.82, 2.24) is 9.55 Å². The minimum absolute atomic E-state index is 0.151. The highest BCUT2D eigenvalue weighted by Crippen LogP contribution is 2.14. The van der Waals surface area contributed by atoms with E-state index in [2.05, 4.69) is 9.72 Å². The molecule has 0 spiro atoms. The van der Waals surface area contributed by atoms with Crippen LogP contribution in [0.1, 0.15) is 16.1 Å². The number of anilines is 1. The smallest absolute Gasteiger partial charge is 0.360 e. The average Bonchev–Trinajstić information content (AvgIpc) is 2.79. The number of aryl methyl sites for hydroxylation is 2. The Balaban J connectivity index is 2.06. The third kappa shape index (κ3) is 3.06. The molecule has 2 aromatic rings. The molecule has 0 atom stereocenters. The Labute approximate surface area is 116 Å². The predicted octanol–water partition coefficient (Wildman–Crippen LogP) is 2.15. The number of carbonyl (C=O) groups is 1. The van der Waals surface area contributed by atoms with Crippen molar-refractivity contribution in [1.29, 1.82) is 0 Å². The van der Waals surface area contributed by atoms with E-state index in [0.717, 1.165) is 12.0 Å². The zero-order valence-electron chi connectivity index (χ0n) is 10.5. The highest BCUT2D eigenvalue weighted by molar-refractivity contribution is 6.30. The lowest BCUT2D eigenvalue weighted by molar-refractivity contribution is 0.0596. The van der Waals surface area contributed by atoms with Gasteiger partial charge in [-0.25, -0.2) is 9.78 Å². The predicted molar refractivity (Wildman–Crippen MR) is 73.1 cm³/mol. The summed E-state index contributed by atoms with van der Waals surface area (Å²) in [5.41, 5.74) is 7.13. The molecule has 0 radical (unpaired) electrons. The highest BCUT2D eigenvalue weighted by atomic mass is 35.5. The van der Waals surface area contributed by atoms with Crippen LogP contribution in [-0.4, -0.2) is 22.6 Å².